The van der Waals surface area contributed by atoms with E-state index in [2.05, 4.69) is 10.3 Å². The molecule has 0 radical (unpaired) electrons. The normalized spacial score (nSPS) is 10.1. The van der Waals surface area contributed by atoms with Crippen LogP contribution in [0.5, 0.6) is 0 Å². The average Bonchev–Trinajstić information content (AvgIpc) is 2.34. The van der Waals surface area contributed by atoms with Crippen molar-refractivity contribution in [1.29, 1.82) is 0 Å². The lowest BCUT2D eigenvalue weighted by molar-refractivity contribution is 0.0698. The van der Waals surface area contributed by atoms with Crippen LogP contribution in [0.3, 0.4) is 0 Å². The number of aromatic carboxylic acids is 1. The molecular formula is C14H14N2O2. The van der Waals surface area contributed by atoms with E-state index in [-0.39, 0.29) is 5.56 Å². The molecule has 0 aliphatic carbocycles. The predicted octanol–water partition coefficient (Wildman–Crippen LogP) is 3.14. The quantitative estimate of drug-likeness (QED) is 0.868. The van der Waals surface area contributed by atoms with Crippen LogP contribution in [0.4, 0.5) is 11.4 Å². The van der Waals surface area contributed by atoms with Gasteiger partial charge in [0.05, 0.1) is 22.6 Å². The molecule has 0 aliphatic heterocycles. The minimum absolute atomic E-state index is 0.250. The second-order valence-electron chi connectivity index (χ2n) is 4.06. The molecule has 2 rings (SSSR count). The summed E-state index contributed by atoms with van der Waals surface area (Å²) in [4.78, 5) is 15.3. The highest BCUT2D eigenvalue weighted by Gasteiger charge is 2.11. The van der Waals surface area contributed by atoms with Crippen molar-refractivity contribution >= 4 is 17.3 Å². The first-order valence-corrected chi connectivity index (χ1v) is 5.61. The lowest BCUT2D eigenvalue weighted by Gasteiger charge is -2.13. The van der Waals surface area contributed by atoms with E-state index in [1.165, 1.54) is 0 Å². The number of aryl methyl sites for hydroxylation is 2. The van der Waals surface area contributed by atoms with Crippen LogP contribution in [0.15, 0.2) is 36.5 Å². The Morgan fingerprint density at radius 3 is 2.61 bits per heavy atom. The van der Waals surface area contributed by atoms with Crippen molar-refractivity contribution in [3.05, 3.63) is 53.3 Å². The monoisotopic (exact) mass is 242 g/mol. The molecule has 0 fully saturated rings. The van der Waals surface area contributed by atoms with E-state index in [4.69, 9.17) is 5.11 Å². The topological polar surface area (TPSA) is 62.2 Å². The summed E-state index contributed by atoms with van der Waals surface area (Å²) in [7, 11) is 0. The van der Waals surface area contributed by atoms with E-state index < -0.39 is 5.97 Å². The largest absolute Gasteiger partial charge is 0.478 e. The maximum atomic E-state index is 11.1. The molecule has 0 unspecified atom stereocenters. The first-order chi connectivity index (χ1) is 8.59. The van der Waals surface area contributed by atoms with Crippen LogP contribution in [0, 0.1) is 13.8 Å². The Morgan fingerprint density at radius 2 is 1.94 bits per heavy atom. The van der Waals surface area contributed by atoms with Gasteiger partial charge in [0.1, 0.15) is 0 Å². The Morgan fingerprint density at radius 1 is 1.22 bits per heavy atom. The van der Waals surface area contributed by atoms with Crippen molar-refractivity contribution in [2.24, 2.45) is 0 Å². The number of nitrogens with one attached hydrogen (secondary N) is 1. The second-order valence-corrected chi connectivity index (χ2v) is 4.06. The Bertz CT molecular complexity index is 574. The third kappa shape index (κ3) is 2.32. The number of anilines is 2. The molecule has 0 aliphatic rings. The average molecular weight is 242 g/mol. The fraction of sp³-hybridized carbons (Fsp3) is 0.143. The molecule has 92 valence electrons. The van der Waals surface area contributed by atoms with Crippen molar-refractivity contribution in [3.63, 3.8) is 0 Å². The zero-order chi connectivity index (χ0) is 13.1. The van der Waals surface area contributed by atoms with E-state index in [0.717, 1.165) is 16.9 Å². The molecule has 4 heteroatoms. The van der Waals surface area contributed by atoms with Crippen molar-refractivity contribution in [2.45, 2.75) is 13.8 Å². The van der Waals surface area contributed by atoms with E-state index >= 15 is 0 Å². The molecule has 1 aromatic carbocycles. The Balaban J connectivity index is 2.43. The predicted molar refractivity (Wildman–Crippen MR) is 70.4 cm³/mol. The van der Waals surface area contributed by atoms with Gasteiger partial charge >= 0.3 is 5.97 Å². The third-order valence-corrected chi connectivity index (χ3v) is 2.77. The molecule has 2 aromatic rings. The van der Waals surface area contributed by atoms with Gasteiger partial charge in [-0.25, -0.2) is 4.79 Å². The second kappa shape index (κ2) is 4.87. The maximum absolute atomic E-state index is 11.1. The number of nitrogens with zero attached hydrogens (tertiary/aromatic N) is 1. The van der Waals surface area contributed by atoms with Crippen molar-refractivity contribution < 1.29 is 9.90 Å². The summed E-state index contributed by atoms with van der Waals surface area (Å²) in [6.07, 6.45) is 1.74. The van der Waals surface area contributed by atoms with E-state index in [1.807, 2.05) is 19.9 Å². The summed E-state index contributed by atoms with van der Waals surface area (Å²) in [5, 5.41) is 12.3. The van der Waals surface area contributed by atoms with Gasteiger partial charge in [0.2, 0.25) is 0 Å². The highest BCUT2D eigenvalue weighted by Crippen LogP contribution is 2.25. The van der Waals surface area contributed by atoms with Crippen LogP contribution in [0.2, 0.25) is 0 Å². The summed E-state index contributed by atoms with van der Waals surface area (Å²) in [5.74, 6) is -0.947. The SMILES string of the molecule is Cc1ccnc(C)c1Nc1ccccc1C(=O)O. The Kier molecular flexibility index (Phi) is 3.28. The molecule has 0 saturated heterocycles. The molecule has 0 amide bonds. The zero-order valence-electron chi connectivity index (χ0n) is 10.3. The number of carbonyl (C=O) groups is 1. The van der Waals surface area contributed by atoms with Gasteiger partial charge in [0.25, 0.3) is 0 Å². The number of hydrogen-bond donors (Lipinski definition) is 2. The van der Waals surface area contributed by atoms with Crippen molar-refractivity contribution in [3.8, 4) is 0 Å². The van der Waals surface area contributed by atoms with Crippen LogP contribution in [-0.2, 0) is 0 Å². The van der Waals surface area contributed by atoms with Gasteiger partial charge in [-0.15, -0.1) is 0 Å². The number of benzene rings is 1. The summed E-state index contributed by atoms with van der Waals surface area (Å²) in [6.45, 7) is 3.85. The molecule has 2 N–H and O–H groups in total. The molecular weight excluding hydrogens is 228 g/mol. The Labute approximate surface area is 105 Å². The lowest BCUT2D eigenvalue weighted by atomic mass is 10.1. The summed E-state index contributed by atoms with van der Waals surface area (Å²) in [6, 6.07) is 8.72. The fourth-order valence-electron chi connectivity index (χ4n) is 1.80. The number of carboxylic acids is 1. The molecule has 1 aromatic heterocycles. The van der Waals surface area contributed by atoms with Gasteiger partial charge in [-0.3, -0.25) is 4.98 Å². The number of aromatic nitrogens is 1. The number of pyridine rings is 1. The molecule has 18 heavy (non-hydrogen) atoms. The fourth-order valence-corrected chi connectivity index (χ4v) is 1.80. The molecule has 1 heterocycles. The van der Waals surface area contributed by atoms with E-state index in [0.29, 0.717) is 5.69 Å². The minimum Gasteiger partial charge on any atom is -0.478 e. The van der Waals surface area contributed by atoms with Crippen molar-refractivity contribution in [1.82, 2.24) is 4.98 Å². The van der Waals surface area contributed by atoms with Gasteiger partial charge in [-0.2, -0.15) is 0 Å². The van der Waals surface area contributed by atoms with Gasteiger partial charge in [0.15, 0.2) is 0 Å². The minimum atomic E-state index is -0.947. The van der Waals surface area contributed by atoms with Crippen LogP contribution < -0.4 is 5.32 Å². The molecule has 0 atom stereocenters. The highest BCUT2D eigenvalue weighted by molar-refractivity contribution is 5.95. The number of rotatable bonds is 3. The van der Waals surface area contributed by atoms with Gasteiger partial charge < -0.3 is 10.4 Å². The summed E-state index contributed by atoms with van der Waals surface area (Å²) in [5.41, 5.74) is 3.55. The Hall–Kier alpha value is -2.36. The number of para-hydroxylation sites is 1. The summed E-state index contributed by atoms with van der Waals surface area (Å²) < 4.78 is 0. The van der Waals surface area contributed by atoms with Gasteiger partial charge in [-0.05, 0) is 37.6 Å². The first kappa shape index (κ1) is 12.1. The molecule has 4 nitrogen and oxygen atoms in total. The standard InChI is InChI=1S/C14H14N2O2/c1-9-7-8-15-10(2)13(9)16-12-6-4-3-5-11(12)14(17)18/h3-8,16H,1-2H3,(H,17,18). The van der Waals surface area contributed by atoms with Crippen LogP contribution >= 0.6 is 0 Å². The third-order valence-electron chi connectivity index (χ3n) is 2.77. The van der Waals surface area contributed by atoms with Crippen molar-refractivity contribution in [2.75, 3.05) is 5.32 Å². The molecule has 0 bridgehead atoms. The lowest BCUT2D eigenvalue weighted by Crippen LogP contribution is -2.04. The van der Waals surface area contributed by atoms with E-state index in [9.17, 15) is 4.79 Å². The van der Waals surface area contributed by atoms with E-state index in [1.54, 1.807) is 30.5 Å². The molecule has 0 spiro atoms. The smallest absolute Gasteiger partial charge is 0.337 e. The van der Waals surface area contributed by atoms with Gasteiger partial charge in [0, 0.05) is 6.20 Å². The number of carboxylic acid groups (broad SMARTS) is 1. The molecule has 0 saturated carbocycles. The van der Waals surface area contributed by atoms with Crippen LogP contribution in [0.25, 0.3) is 0 Å². The number of hydrogen-bond acceptors (Lipinski definition) is 3. The summed E-state index contributed by atoms with van der Waals surface area (Å²) >= 11 is 0. The first-order valence-electron chi connectivity index (χ1n) is 5.61. The zero-order valence-corrected chi connectivity index (χ0v) is 10.3. The van der Waals surface area contributed by atoms with Crippen LogP contribution in [0.1, 0.15) is 21.6 Å². The maximum Gasteiger partial charge on any atom is 0.337 e. The van der Waals surface area contributed by atoms with Crippen LogP contribution in [-0.4, -0.2) is 16.1 Å². The van der Waals surface area contributed by atoms with Gasteiger partial charge in [-0.1, -0.05) is 12.1 Å². The highest BCUT2D eigenvalue weighted by atomic mass is 16.4.